The van der Waals surface area contributed by atoms with Crippen LogP contribution in [0.25, 0.3) is 10.9 Å². The van der Waals surface area contributed by atoms with E-state index in [2.05, 4.69) is 53.8 Å². The summed E-state index contributed by atoms with van der Waals surface area (Å²) in [6.07, 6.45) is 14.9. The number of aryl methyl sites for hydroxylation is 1. The fraction of sp³-hybridized carbons (Fsp3) is 0.652. The van der Waals surface area contributed by atoms with Crippen molar-refractivity contribution in [2.24, 2.45) is 0 Å². The van der Waals surface area contributed by atoms with Crippen molar-refractivity contribution in [1.29, 1.82) is 0 Å². The molecule has 0 atom stereocenters. The Hall–Kier alpha value is -1.28. The standard InChI is InChI=1S/C23H34N2/c1-3-4-13-23(24-16-7-8-17-24)14-11-20(12-15-23)25-18-19(2)21-9-5-6-10-22(21)25/h5-6,9-10,18,20H,3-4,7-8,11-17H2,1-2H3. The van der Waals surface area contributed by atoms with Crippen LogP contribution in [0, 0.1) is 6.92 Å². The zero-order chi connectivity index (χ0) is 17.3. The van der Waals surface area contributed by atoms with E-state index in [1.165, 1.54) is 87.3 Å². The molecule has 4 rings (SSSR count). The fourth-order valence-electron chi connectivity index (χ4n) is 5.52. The smallest absolute Gasteiger partial charge is 0.0485 e. The van der Waals surface area contributed by atoms with Crippen molar-refractivity contribution < 1.29 is 0 Å². The van der Waals surface area contributed by atoms with Crippen molar-refractivity contribution in [2.75, 3.05) is 13.1 Å². The Morgan fingerprint density at radius 2 is 1.80 bits per heavy atom. The molecule has 2 fully saturated rings. The first-order chi connectivity index (χ1) is 12.2. The molecule has 25 heavy (non-hydrogen) atoms. The van der Waals surface area contributed by atoms with Crippen molar-refractivity contribution in [2.45, 2.75) is 83.2 Å². The first-order valence-electron chi connectivity index (χ1n) is 10.5. The van der Waals surface area contributed by atoms with Crippen LogP contribution in [-0.2, 0) is 0 Å². The van der Waals surface area contributed by atoms with Crippen LogP contribution in [0.3, 0.4) is 0 Å². The molecule has 0 amide bonds. The maximum Gasteiger partial charge on any atom is 0.0485 e. The van der Waals surface area contributed by atoms with Gasteiger partial charge in [0.15, 0.2) is 0 Å². The van der Waals surface area contributed by atoms with Crippen molar-refractivity contribution >= 4 is 10.9 Å². The van der Waals surface area contributed by atoms with E-state index < -0.39 is 0 Å². The lowest BCUT2D eigenvalue weighted by atomic mass is 9.75. The van der Waals surface area contributed by atoms with E-state index >= 15 is 0 Å². The zero-order valence-electron chi connectivity index (χ0n) is 16.1. The lowest BCUT2D eigenvalue weighted by molar-refractivity contribution is 0.0481. The van der Waals surface area contributed by atoms with Gasteiger partial charge in [-0.2, -0.15) is 0 Å². The highest BCUT2D eigenvalue weighted by atomic mass is 15.2. The first kappa shape index (κ1) is 17.1. The highest BCUT2D eigenvalue weighted by Crippen LogP contribution is 2.44. The van der Waals surface area contributed by atoms with Gasteiger partial charge >= 0.3 is 0 Å². The molecule has 1 saturated carbocycles. The summed E-state index contributed by atoms with van der Waals surface area (Å²) in [7, 11) is 0. The Morgan fingerprint density at radius 3 is 2.52 bits per heavy atom. The third-order valence-corrected chi connectivity index (χ3v) is 6.99. The Bertz CT molecular complexity index is 700. The van der Waals surface area contributed by atoms with E-state index in [0.29, 0.717) is 11.6 Å². The Kier molecular flexibility index (Phi) is 4.90. The number of hydrogen-bond acceptors (Lipinski definition) is 1. The summed E-state index contributed by atoms with van der Waals surface area (Å²) in [6.45, 7) is 7.30. The molecule has 2 heterocycles. The first-order valence-corrected chi connectivity index (χ1v) is 10.5. The summed E-state index contributed by atoms with van der Waals surface area (Å²) in [6, 6.07) is 9.64. The van der Waals surface area contributed by atoms with Gasteiger partial charge in [0.2, 0.25) is 0 Å². The summed E-state index contributed by atoms with van der Waals surface area (Å²) < 4.78 is 2.60. The molecule has 1 aromatic carbocycles. The molecule has 0 N–H and O–H groups in total. The van der Waals surface area contributed by atoms with Gasteiger partial charge in [-0.25, -0.2) is 0 Å². The number of nitrogens with zero attached hydrogens (tertiary/aromatic N) is 2. The van der Waals surface area contributed by atoms with Crippen molar-refractivity contribution in [3.8, 4) is 0 Å². The molecule has 0 bridgehead atoms. The van der Waals surface area contributed by atoms with Crippen LogP contribution in [-0.4, -0.2) is 28.1 Å². The van der Waals surface area contributed by atoms with Crippen LogP contribution in [0.5, 0.6) is 0 Å². The summed E-state index contributed by atoms with van der Waals surface area (Å²) in [5, 5.41) is 1.44. The van der Waals surface area contributed by atoms with E-state index in [9.17, 15) is 0 Å². The predicted molar refractivity (Wildman–Crippen MR) is 107 cm³/mol. The third-order valence-electron chi connectivity index (χ3n) is 6.99. The molecule has 0 unspecified atom stereocenters. The van der Waals surface area contributed by atoms with Crippen LogP contribution in [0.1, 0.15) is 76.3 Å². The van der Waals surface area contributed by atoms with Crippen LogP contribution in [0.15, 0.2) is 30.5 Å². The second-order valence-corrected chi connectivity index (χ2v) is 8.49. The van der Waals surface area contributed by atoms with Gasteiger partial charge in [-0.3, -0.25) is 4.90 Å². The minimum absolute atomic E-state index is 0.515. The number of para-hydroxylation sites is 1. The number of benzene rings is 1. The second kappa shape index (κ2) is 7.15. The van der Waals surface area contributed by atoms with E-state index in [-0.39, 0.29) is 0 Å². The molecule has 2 nitrogen and oxygen atoms in total. The van der Waals surface area contributed by atoms with Crippen LogP contribution in [0.2, 0.25) is 0 Å². The topological polar surface area (TPSA) is 8.17 Å². The molecule has 1 aliphatic heterocycles. The molecule has 2 aliphatic rings. The molecule has 1 aromatic heterocycles. The van der Waals surface area contributed by atoms with Gasteiger partial charge in [-0.05, 0) is 76.6 Å². The molecule has 1 saturated heterocycles. The van der Waals surface area contributed by atoms with Gasteiger partial charge < -0.3 is 4.57 Å². The summed E-state index contributed by atoms with van der Waals surface area (Å²) >= 11 is 0. The molecule has 1 aliphatic carbocycles. The Balaban J connectivity index is 1.54. The lowest BCUT2D eigenvalue weighted by Gasteiger charge is -2.47. The fourth-order valence-corrected chi connectivity index (χ4v) is 5.52. The number of unbranched alkanes of at least 4 members (excludes halogenated alkanes) is 1. The number of fused-ring (bicyclic) bond motifs is 1. The molecule has 0 radical (unpaired) electrons. The van der Waals surface area contributed by atoms with E-state index in [4.69, 9.17) is 0 Å². The minimum Gasteiger partial charge on any atom is -0.344 e. The van der Waals surface area contributed by atoms with Crippen LogP contribution >= 0.6 is 0 Å². The number of hydrogen-bond donors (Lipinski definition) is 0. The number of rotatable bonds is 5. The van der Waals surface area contributed by atoms with E-state index in [1.54, 1.807) is 0 Å². The van der Waals surface area contributed by atoms with Gasteiger partial charge in [0.25, 0.3) is 0 Å². The quantitative estimate of drug-likeness (QED) is 0.640. The Morgan fingerprint density at radius 1 is 1.08 bits per heavy atom. The molecule has 0 spiro atoms. The summed E-state index contributed by atoms with van der Waals surface area (Å²) in [5.41, 5.74) is 3.38. The predicted octanol–water partition coefficient (Wildman–Crippen LogP) is 6.09. The maximum absolute atomic E-state index is 2.87. The SMILES string of the molecule is CCCCC1(N2CCCC2)CCC(n2cc(C)c3ccccc32)CC1. The van der Waals surface area contributed by atoms with Crippen LogP contribution in [0.4, 0.5) is 0 Å². The van der Waals surface area contributed by atoms with Gasteiger partial charge in [0.05, 0.1) is 0 Å². The zero-order valence-corrected chi connectivity index (χ0v) is 16.1. The number of likely N-dealkylation sites (tertiary alicyclic amines) is 1. The largest absolute Gasteiger partial charge is 0.344 e. The van der Waals surface area contributed by atoms with E-state index in [0.717, 1.165) is 0 Å². The molecular weight excluding hydrogens is 304 g/mol. The van der Waals surface area contributed by atoms with Crippen molar-refractivity contribution in [3.63, 3.8) is 0 Å². The van der Waals surface area contributed by atoms with Crippen molar-refractivity contribution in [1.82, 2.24) is 9.47 Å². The average Bonchev–Trinajstić information content (AvgIpc) is 3.30. The monoisotopic (exact) mass is 338 g/mol. The Labute approximate surface area is 153 Å². The summed E-state index contributed by atoms with van der Waals surface area (Å²) in [4.78, 5) is 2.87. The molecule has 2 aromatic rings. The molecule has 136 valence electrons. The highest BCUT2D eigenvalue weighted by Gasteiger charge is 2.41. The summed E-state index contributed by atoms with van der Waals surface area (Å²) in [5.74, 6) is 0. The molecular formula is C23H34N2. The average molecular weight is 339 g/mol. The van der Waals surface area contributed by atoms with Gasteiger partial charge in [-0.1, -0.05) is 38.0 Å². The normalized spacial score (nSPS) is 28.0. The molecule has 2 heteroatoms. The van der Waals surface area contributed by atoms with Gasteiger partial charge in [0.1, 0.15) is 0 Å². The van der Waals surface area contributed by atoms with Gasteiger partial charge in [-0.15, -0.1) is 0 Å². The van der Waals surface area contributed by atoms with Gasteiger partial charge in [0, 0.05) is 28.7 Å². The maximum atomic E-state index is 2.87. The second-order valence-electron chi connectivity index (χ2n) is 8.49. The lowest BCUT2D eigenvalue weighted by Crippen LogP contribution is -2.49. The third kappa shape index (κ3) is 3.14. The van der Waals surface area contributed by atoms with Crippen LogP contribution < -0.4 is 0 Å². The number of aromatic nitrogens is 1. The van der Waals surface area contributed by atoms with E-state index in [1.807, 2.05) is 0 Å². The highest BCUT2D eigenvalue weighted by molar-refractivity contribution is 5.83. The van der Waals surface area contributed by atoms with Crippen molar-refractivity contribution in [3.05, 3.63) is 36.0 Å². The minimum atomic E-state index is 0.515.